The lowest BCUT2D eigenvalue weighted by Gasteiger charge is -2.12. The van der Waals surface area contributed by atoms with E-state index in [0.717, 1.165) is 68.5 Å². The third-order valence-electron chi connectivity index (χ3n) is 4.77. The Balaban J connectivity index is 0.00000280. The van der Waals surface area contributed by atoms with Gasteiger partial charge in [0.1, 0.15) is 16.8 Å². The first-order valence-corrected chi connectivity index (χ1v) is 10.1. The van der Waals surface area contributed by atoms with Crippen LogP contribution in [-0.4, -0.2) is 45.8 Å². The number of aromatic nitrogens is 4. The monoisotopic (exact) mass is 517 g/mol. The Morgan fingerprint density at radius 2 is 2.00 bits per heavy atom. The van der Waals surface area contributed by atoms with Crippen LogP contribution in [0.25, 0.3) is 0 Å². The van der Waals surface area contributed by atoms with Gasteiger partial charge in [0.15, 0.2) is 5.96 Å². The van der Waals surface area contributed by atoms with E-state index in [1.165, 1.54) is 19.3 Å². The van der Waals surface area contributed by atoms with E-state index in [0.29, 0.717) is 5.15 Å². The number of hydrogen-bond acceptors (Lipinski definition) is 4. The van der Waals surface area contributed by atoms with Gasteiger partial charge in [0.2, 0.25) is 0 Å². The van der Waals surface area contributed by atoms with Crippen molar-refractivity contribution in [2.24, 2.45) is 4.99 Å². The summed E-state index contributed by atoms with van der Waals surface area (Å²) < 4.78 is 2.32. The number of nitrogens with one attached hydrogen (secondary N) is 2. The summed E-state index contributed by atoms with van der Waals surface area (Å²) >= 11 is 5.81. The fourth-order valence-corrected chi connectivity index (χ4v) is 3.40. The molecule has 0 saturated heterocycles. The summed E-state index contributed by atoms with van der Waals surface area (Å²) in [4.78, 5) is 8.37. The molecule has 0 unspecified atom stereocenters. The van der Waals surface area contributed by atoms with E-state index in [9.17, 15) is 0 Å². The average Bonchev–Trinajstić information content (AvgIpc) is 2.91. The van der Waals surface area contributed by atoms with Crippen LogP contribution in [0.15, 0.2) is 23.3 Å². The standard InChI is InChI=1S/C19H28ClN7.HI/c1-21-19(23-12-10-15-8-9-16(20)24-14-15)22-11-5-7-18-26-25-17-6-3-2-4-13-27(17)18;/h8-9,14H,2-7,10-13H2,1H3,(H2,21,22,23);1H. The molecule has 0 amide bonds. The van der Waals surface area contributed by atoms with E-state index in [-0.39, 0.29) is 24.0 Å². The number of aryl methyl sites for hydroxylation is 2. The molecule has 3 rings (SSSR count). The highest BCUT2D eigenvalue weighted by Crippen LogP contribution is 2.15. The van der Waals surface area contributed by atoms with Crippen molar-refractivity contribution in [2.45, 2.75) is 51.5 Å². The molecule has 1 aliphatic rings. The predicted molar refractivity (Wildman–Crippen MR) is 124 cm³/mol. The van der Waals surface area contributed by atoms with Gasteiger partial charge in [0.25, 0.3) is 0 Å². The smallest absolute Gasteiger partial charge is 0.190 e. The van der Waals surface area contributed by atoms with Gasteiger partial charge in [-0.05, 0) is 37.3 Å². The zero-order chi connectivity index (χ0) is 18.9. The second-order valence-corrected chi connectivity index (χ2v) is 7.15. The molecule has 0 radical (unpaired) electrons. The zero-order valence-corrected chi connectivity index (χ0v) is 19.4. The highest BCUT2D eigenvalue weighted by molar-refractivity contribution is 14.0. The minimum atomic E-state index is 0. The van der Waals surface area contributed by atoms with Gasteiger partial charge >= 0.3 is 0 Å². The molecular weight excluding hydrogens is 489 g/mol. The largest absolute Gasteiger partial charge is 0.356 e. The number of rotatable bonds is 7. The minimum Gasteiger partial charge on any atom is -0.356 e. The van der Waals surface area contributed by atoms with E-state index >= 15 is 0 Å². The average molecular weight is 518 g/mol. The number of guanidine groups is 1. The highest BCUT2D eigenvalue weighted by atomic mass is 127. The number of hydrogen-bond donors (Lipinski definition) is 2. The molecule has 0 atom stereocenters. The van der Waals surface area contributed by atoms with Gasteiger partial charge in [-0.3, -0.25) is 4.99 Å². The normalized spacial score (nSPS) is 14.0. The molecule has 0 fully saturated rings. The zero-order valence-electron chi connectivity index (χ0n) is 16.3. The number of nitrogens with zero attached hydrogens (tertiary/aromatic N) is 5. The maximum atomic E-state index is 5.81. The Morgan fingerprint density at radius 1 is 1.14 bits per heavy atom. The van der Waals surface area contributed by atoms with Gasteiger partial charge in [-0.25, -0.2) is 4.98 Å². The number of pyridine rings is 1. The van der Waals surface area contributed by atoms with Crippen LogP contribution in [0.2, 0.25) is 5.15 Å². The van der Waals surface area contributed by atoms with E-state index in [1.807, 2.05) is 18.3 Å². The van der Waals surface area contributed by atoms with Crippen LogP contribution >= 0.6 is 35.6 Å². The quantitative estimate of drug-likeness (QED) is 0.194. The summed E-state index contributed by atoms with van der Waals surface area (Å²) in [7, 11) is 1.79. The van der Waals surface area contributed by atoms with Crippen LogP contribution in [0.4, 0.5) is 0 Å². The Kier molecular flexibility index (Phi) is 9.97. The second kappa shape index (κ2) is 12.2. The van der Waals surface area contributed by atoms with Crippen molar-refractivity contribution in [3.8, 4) is 0 Å². The van der Waals surface area contributed by atoms with Crippen LogP contribution < -0.4 is 10.6 Å². The van der Waals surface area contributed by atoms with Crippen molar-refractivity contribution < 1.29 is 0 Å². The first-order valence-electron chi connectivity index (χ1n) is 9.72. The molecule has 7 nitrogen and oxygen atoms in total. The molecule has 0 bridgehead atoms. The van der Waals surface area contributed by atoms with Crippen molar-refractivity contribution in [3.05, 3.63) is 40.7 Å². The molecule has 2 N–H and O–H groups in total. The molecule has 28 heavy (non-hydrogen) atoms. The van der Waals surface area contributed by atoms with Crippen LogP contribution in [0.1, 0.15) is 42.9 Å². The molecule has 9 heteroatoms. The van der Waals surface area contributed by atoms with Gasteiger partial charge < -0.3 is 15.2 Å². The van der Waals surface area contributed by atoms with Crippen LogP contribution in [0.5, 0.6) is 0 Å². The minimum absolute atomic E-state index is 0. The third kappa shape index (κ3) is 6.88. The molecule has 154 valence electrons. The summed E-state index contributed by atoms with van der Waals surface area (Å²) in [5.41, 5.74) is 1.15. The third-order valence-corrected chi connectivity index (χ3v) is 5.00. The van der Waals surface area contributed by atoms with Crippen LogP contribution in [-0.2, 0) is 25.8 Å². The molecular formula is C19H29ClIN7. The Morgan fingerprint density at radius 3 is 2.79 bits per heavy atom. The van der Waals surface area contributed by atoms with E-state index in [1.54, 1.807) is 7.05 Å². The van der Waals surface area contributed by atoms with Crippen molar-refractivity contribution in [3.63, 3.8) is 0 Å². The molecule has 3 heterocycles. The Bertz CT molecular complexity index is 745. The predicted octanol–water partition coefficient (Wildman–Crippen LogP) is 3.01. The lowest BCUT2D eigenvalue weighted by atomic mass is 10.2. The summed E-state index contributed by atoms with van der Waals surface area (Å²) in [6, 6.07) is 3.81. The molecule has 2 aromatic rings. The number of halogens is 2. The van der Waals surface area contributed by atoms with Gasteiger partial charge in [-0.15, -0.1) is 34.2 Å². The topological polar surface area (TPSA) is 80.0 Å². The lowest BCUT2D eigenvalue weighted by molar-refractivity contribution is 0.594. The molecule has 1 aliphatic heterocycles. The number of aliphatic imine (C=N–C) groups is 1. The van der Waals surface area contributed by atoms with Crippen molar-refractivity contribution >= 4 is 41.5 Å². The molecule has 0 saturated carbocycles. The summed E-state index contributed by atoms with van der Waals surface area (Å²) in [6.45, 7) is 2.71. The van der Waals surface area contributed by atoms with Crippen molar-refractivity contribution in [2.75, 3.05) is 20.1 Å². The number of fused-ring (bicyclic) bond motifs is 1. The maximum Gasteiger partial charge on any atom is 0.190 e. The van der Waals surface area contributed by atoms with Gasteiger partial charge in [0.05, 0.1) is 0 Å². The van der Waals surface area contributed by atoms with E-state index in [2.05, 4.69) is 35.4 Å². The van der Waals surface area contributed by atoms with Crippen molar-refractivity contribution in [1.29, 1.82) is 0 Å². The highest BCUT2D eigenvalue weighted by Gasteiger charge is 2.14. The molecule has 0 spiro atoms. The maximum absolute atomic E-state index is 5.81. The fourth-order valence-electron chi connectivity index (χ4n) is 3.28. The van der Waals surface area contributed by atoms with Gasteiger partial charge in [-0.2, -0.15) is 0 Å². The van der Waals surface area contributed by atoms with E-state index < -0.39 is 0 Å². The summed E-state index contributed by atoms with van der Waals surface area (Å²) in [5, 5.41) is 16.0. The SMILES string of the molecule is CN=C(NCCCc1nnc2n1CCCCC2)NCCc1ccc(Cl)nc1.I. The van der Waals surface area contributed by atoms with Crippen LogP contribution in [0, 0.1) is 0 Å². The van der Waals surface area contributed by atoms with Gasteiger partial charge in [-0.1, -0.05) is 24.1 Å². The first kappa shape index (κ1) is 22.9. The summed E-state index contributed by atoms with van der Waals surface area (Å²) in [5.74, 6) is 3.09. The fraction of sp³-hybridized carbons (Fsp3) is 0.579. The molecule has 0 aliphatic carbocycles. The van der Waals surface area contributed by atoms with Gasteiger partial charge in [0, 0.05) is 45.7 Å². The summed E-state index contributed by atoms with van der Waals surface area (Å²) in [6.07, 6.45) is 9.43. The second-order valence-electron chi connectivity index (χ2n) is 6.76. The first-order chi connectivity index (χ1) is 13.3. The van der Waals surface area contributed by atoms with E-state index in [4.69, 9.17) is 11.6 Å². The Hall–Kier alpha value is -1.42. The molecule has 0 aromatic carbocycles. The van der Waals surface area contributed by atoms with Crippen molar-refractivity contribution in [1.82, 2.24) is 30.4 Å². The Labute approximate surface area is 188 Å². The van der Waals surface area contributed by atoms with Crippen LogP contribution in [0.3, 0.4) is 0 Å². The molecule has 2 aromatic heterocycles. The lowest BCUT2D eigenvalue weighted by Crippen LogP contribution is -2.38.